The highest BCUT2D eigenvalue weighted by atomic mass is 35.5. The van der Waals surface area contributed by atoms with Crippen molar-refractivity contribution in [3.05, 3.63) is 11.2 Å². The molecule has 0 radical (unpaired) electrons. The molecule has 0 saturated heterocycles. The first-order valence-corrected chi connectivity index (χ1v) is 5.14. The van der Waals surface area contributed by atoms with E-state index < -0.39 is 0 Å². The van der Waals surface area contributed by atoms with E-state index in [0.717, 1.165) is 12.8 Å². The largest absolute Gasteiger partial charge is 0.381 e. The van der Waals surface area contributed by atoms with Crippen LogP contribution in [0.2, 0.25) is 5.02 Å². The van der Waals surface area contributed by atoms with Crippen LogP contribution in [0.15, 0.2) is 6.20 Å². The average Bonchev–Trinajstić information content (AvgIpc) is 2.16. The van der Waals surface area contributed by atoms with E-state index in [1.165, 1.54) is 6.20 Å². The van der Waals surface area contributed by atoms with Gasteiger partial charge in [0.25, 0.3) is 0 Å². The second-order valence-corrected chi connectivity index (χ2v) is 4.00. The SMILES string of the molecule is COC1CC(Nc2nc(N)ncc2Cl)C1. The van der Waals surface area contributed by atoms with Crippen molar-refractivity contribution >= 4 is 23.4 Å². The Morgan fingerprint density at radius 1 is 1.60 bits per heavy atom. The number of nitrogens with one attached hydrogen (secondary N) is 1. The summed E-state index contributed by atoms with van der Waals surface area (Å²) in [6, 6.07) is 0.363. The molecule has 3 N–H and O–H groups in total. The van der Waals surface area contributed by atoms with Crippen molar-refractivity contribution in [1.82, 2.24) is 9.97 Å². The minimum absolute atomic E-state index is 0.226. The monoisotopic (exact) mass is 228 g/mol. The summed E-state index contributed by atoms with van der Waals surface area (Å²) in [6.07, 6.45) is 3.78. The summed E-state index contributed by atoms with van der Waals surface area (Å²) in [5.41, 5.74) is 5.47. The molecule has 0 aromatic carbocycles. The fraction of sp³-hybridized carbons (Fsp3) is 0.556. The molecule has 15 heavy (non-hydrogen) atoms. The van der Waals surface area contributed by atoms with Crippen molar-refractivity contribution in [2.75, 3.05) is 18.2 Å². The number of nitrogen functional groups attached to an aromatic ring is 1. The van der Waals surface area contributed by atoms with Crippen LogP contribution < -0.4 is 11.1 Å². The lowest BCUT2D eigenvalue weighted by atomic mass is 9.89. The summed E-state index contributed by atoms with van der Waals surface area (Å²) in [5, 5.41) is 3.70. The molecule has 1 aromatic heterocycles. The van der Waals surface area contributed by atoms with Crippen LogP contribution >= 0.6 is 11.6 Å². The second-order valence-electron chi connectivity index (χ2n) is 3.60. The molecular weight excluding hydrogens is 216 g/mol. The quantitative estimate of drug-likeness (QED) is 0.816. The molecule has 0 bridgehead atoms. The van der Waals surface area contributed by atoms with E-state index in [9.17, 15) is 0 Å². The summed E-state index contributed by atoms with van der Waals surface area (Å²) in [6.45, 7) is 0. The average molecular weight is 229 g/mol. The smallest absolute Gasteiger partial charge is 0.222 e. The Morgan fingerprint density at radius 2 is 2.33 bits per heavy atom. The van der Waals surface area contributed by atoms with Crippen LogP contribution in [0.4, 0.5) is 11.8 Å². The van der Waals surface area contributed by atoms with Crippen molar-refractivity contribution in [3.63, 3.8) is 0 Å². The van der Waals surface area contributed by atoms with Crippen molar-refractivity contribution in [3.8, 4) is 0 Å². The fourth-order valence-electron chi connectivity index (χ4n) is 1.55. The zero-order valence-electron chi connectivity index (χ0n) is 8.40. The van der Waals surface area contributed by atoms with Crippen molar-refractivity contribution in [2.24, 2.45) is 0 Å². The second kappa shape index (κ2) is 4.20. The number of hydrogen-bond acceptors (Lipinski definition) is 5. The van der Waals surface area contributed by atoms with Crippen molar-refractivity contribution < 1.29 is 4.74 Å². The lowest BCUT2D eigenvalue weighted by molar-refractivity contribution is 0.0328. The number of aromatic nitrogens is 2. The Bertz CT molecular complexity index is 354. The molecule has 0 aliphatic heterocycles. The molecule has 1 aliphatic carbocycles. The van der Waals surface area contributed by atoms with E-state index in [-0.39, 0.29) is 5.95 Å². The lowest BCUT2D eigenvalue weighted by Crippen LogP contribution is -2.40. The number of anilines is 2. The summed E-state index contributed by atoms with van der Waals surface area (Å²) in [4.78, 5) is 7.82. The third kappa shape index (κ3) is 2.30. The van der Waals surface area contributed by atoms with E-state index in [0.29, 0.717) is 23.0 Å². The van der Waals surface area contributed by atoms with Gasteiger partial charge in [0.1, 0.15) is 5.02 Å². The van der Waals surface area contributed by atoms with Gasteiger partial charge in [-0.05, 0) is 12.8 Å². The van der Waals surface area contributed by atoms with E-state index in [1.807, 2.05) is 0 Å². The minimum Gasteiger partial charge on any atom is -0.381 e. The molecule has 0 amide bonds. The topological polar surface area (TPSA) is 73.1 Å². The molecule has 0 unspecified atom stereocenters. The highest BCUT2D eigenvalue weighted by Crippen LogP contribution is 2.28. The van der Waals surface area contributed by atoms with Gasteiger partial charge in [0.05, 0.1) is 12.3 Å². The normalized spacial score (nSPS) is 24.7. The highest BCUT2D eigenvalue weighted by molar-refractivity contribution is 6.32. The van der Waals surface area contributed by atoms with Crippen LogP contribution in [0.3, 0.4) is 0 Å². The first kappa shape index (κ1) is 10.4. The van der Waals surface area contributed by atoms with Gasteiger partial charge in [0.15, 0.2) is 5.82 Å². The van der Waals surface area contributed by atoms with Gasteiger partial charge in [-0.1, -0.05) is 11.6 Å². The molecule has 1 aliphatic rings. The predicted molar refractivity (Wildman–Crippen MR) is 58.9 cm³/mol. The third-order valence-electron chi connectivity index (χ3n) is 2.53. The van der Waals surface area contributed by atoms with Crippen LogP contribution in [0.25, 0.3) is 0 Å². The number of hydrogen-bond donors (Lipinski definition) is 2. The van der Waals surface area contributed by atoms with Gasteiger partial charge >= 0.3 is 0 Å². The highest BCUT2D eigenvalue weighted by Gasteiger charge is 2.29. The summed E-state index contributed by atoms with van der Waals surface area (Å²) < 4.78 is 5.18. The number of methoxy groups -OCH3 is 1. The van der Waals surface area contributed by atoms with E-state index in [1.54, 1.807) is 7.11 Å². The number of rotatable bonds is 3. The van der Waals surface area contributed by atoms with Gasteiger partial charge in [-0.3, -0.25) is 0 Å². The van der Waals surface area contributed by atoms with E-state index in [4.69, 9.17) is 22.1 Å². The Hall–Kier alpha value is -1.07. The van der Waals surface area contributed by atoms with Crippen molar-refractivity contribution in [1.29, 1.82) is 0 Å². The van der Waals surface area contributed by atoms with Crippen LogP contribution in [-0.4, -0.2) is 29.2 Å². The zero-order valence-corrected chi connectivity index (χ0v) is 9.16. The molecule has 0 atom stereocenters. The molecule has 1 saturated carbocycles. The molecule has 1 fully saturated rings. The number of ether oxygens (including phenoxy) is 1. The maximum atomic E-state index is 5.92. The van der Waals surface area contributed by atoms with E-state index >= 15 is 0 Å². The Labute approximate surface area is 93.0 Å². The molecule has 0 spiro atoms. The first-order chi connectivity index (χ1) is 7.19. The Morgan fingerprint density at radius 3 is 3.00 bits per heavy atom. The van der Waals surface area contributed by atoms with Crippen LogP contribution in [0.5, 0.6) is 0 Å². The number of nitrogens with zero attached hydrogens (tertiary/aromatic N) is 2. The first-order valence-electron chi connectivity index (χ1n) is 4.76. The molecule has 6 heteroatoms. The summed E-state index contributed by atoms with van der Waals surface area (Å²) in [7, 11) is 1.72. The third-order valence-corrected chi connectivity index (χ3v) is 2.81. The molecule has 1 aromatic rings. The van der Waals surface area contributed by atoms with Gasteiger partial charge in [-0.15, -0.1) is 0 Å². The molecule has 2 rings (SSSR count). The van der Waals surface area contributed by atoms with Gasteiger partial charge < -0.3 is 15.8 Å². The summed E-state index contributed by atoms with van der Waals surface area (Å²) >= 11 is 5.92. The fourth-order valence-corrected chi connectivity index (χ4v) is 1.70. The zero-order chi connectivity index (χ0) is 10.8. The van der Waals surface area contributed by atoms with Gasteiger partial charge in [-0.2, -0.15) is 4.98 Å². The van der Waals surface area contributed by atoms with Gasteiger partial charge in [-0.25, -0.2) is 4.98 Å². The lowest BCUT2D eigenvalue weighted by Gasteiger charge is -2.35. The predicted octanol–water partition coefficient (Wildman–Crippen LogP) is 1.30. The Balaban J connectivity index is 1.97. The van der Waals surface area contributed by atoms with Crippen LogP contribution in [0.1, 0.15) is 12.8 Å². The molecule has 82 valence electrons. The molecular formula is C9H13ClN4O. The van der Waals surface area contributed by atoms with Crippen LogP contribution in [-0.2, 0) is 4.74 Å². The number of halogens is 1. The maximum Gasteiger partial charge on any atom is 0.222 e. The van der Waals surface area contributed by atoms with E-state index in [2.05, 4.69) is 15.3 Å². The molecule has 5 nitrogen and oxygen atoms in total. The van der Waals surface area contributed by atoms with Crippen molar-refractivity contribution in [2.45, 2.75) is 25.0 Å². The molecule has 1 heterocycles. The Kier molecular flexibility index (Phi) is 2.93. The standard InChI is InChI=1S/C9H13ClN4O/c1-15-6-2-5(3-6)13-8-7(10)4-12-9(11)14-8/h4-6H,2-3H2,1H3,(H3,11,12,13,14). The number of nitrogens with two attached hydrogens (primary N) is 1. The van der Waals surface area contributed by atoms with Crippen LogP contribution in [0, 0.1) is 0 Å². The van der Waals surface area contributed by atoms with Gasteiger partial charge in [0.2, 0.25) is 5.95 Å². The van der Waals surface area contributed by atoms with Gasteiger partial charge in [0, 0.05) is 13.2 Å². The maximum absolute atomic E-state index is 5.92. The summed E-state index contributed by atoms with van der Waals surface area (Å²) in [5.74, 6) is 0.827. The minimum atomic E-state index is 0.226.